The summed E-state index contributed by atoms with van der Waals surface area (Å²) < 4.78 is 0. The van der Waals surface area contributed by atoms with E-state index in [1.807, 2.05) is 4.90 Å². The zero-order chi connectivity index (χ0) is 18.4. The summed E-state index contributed by atoms with van der Waals surface area (Å²) in [6.45, 7) is 4.92. The van der Waals surface area contributed by atoms with Gasteiger partial charge in [0.05, 0.1) is 12.1 Å². The second-order valence-corrected chi connectivity index (χ2v) is 8.38. The molecule has 156 valence electrons. The maximum atomic E-state index is 12.6. The van der Waals surface area contributed by atoms with E-state index in [9.17, 15) is 9.90 Å². The fourth-order valence-electron chi connectivity index (χ4n) is 4.62. The fraction of sp³-hybridized carbons (Fsp3) is 0.900. The summed E-state index contributed by atoms with van der Waals surface area (Å²) in [5, 5.41) is 17.4. The molecule has 2 aliphatic carbocycles. The lowest BCUT2D eigenvalue weighted by Crippen LogP contribution is -2.46. The van der Waals surface area contributed by atoms with Crippen LogP contribution in [0.15, 0.2) is 4.99 Å². The van der Waals surface area contributed by atoms with E-state index >= 15 is 0 Å². The molecule has 1 atom stereocenters. The summed E-state index contributed by atoms with van der Waals surface area (Å²) in [5.74, 6) is 1.38. The highest BCUT2D eigenvalue weighted by Gasteiger charge is 2.33. The predicted octanol–water partition coefficient (Wildman–Crippen LogP) is 2.65. The first kappa shape index (κ1) is 22.7. The number of guanidine groups is 1. The van der Waals surface area contributed by atoms with Crippen LogP contribution in [0.3, 0.4) is 0 Å². The minimum absolute atomic E-state index is 0. The molecule has 3 rings (SSSR count). The van der Waals surface area contributed by atoms with Gasteiger partial charge in [-0.25, -0.2) is 0 Å². The molecule has 1 aliphatic heterocycles. The van der Waals surface area contributed by atoms with Crippen LogP contribution in [0.4, 0.5) is 0 Å². The summed E-state index contributed by atoms with van der Waals surface area (Å²) in [6, 6.07) is 0.249. The molecule has 3 N–H and O–H groups in total. The van der Waals surface area contributed by atoms with Crippen LogP contribution in [-0.2, 0) is 4.79 Å². The van der Waals surface area contributed by atoms with Gasteiger partial charge in [0, 0.05) is 31.6 Å². The number of rotatable bonds is 5. The summed E-state index contributed by atoms with van der Waals surface area (Å²) in [6.07, 6.45) is 10.6. The minimum Gasteiger partial charge on any atom is -0.388 e. The Morgan fingerprint density at radius 1 is 1.15 bits per heavy atom. The van der Waals surface area contributed by atoms with Gasteiger partial charge in [-0.15, -0.1) is 24.0 Å². The molecule has 6 nitrogen and oxygen atoms in total. The number of halogens is 1. The third-order valence-corrected chi connectivity index (χ3v) is 6.21. The van der Waals surface area contributed by atoms with Crippen LogP contribution in [0.1, 0.15) is 71.1 Å². The van der Waals surface area contributed by atoms with E-state index in [2.05, 4.69) is 22.5 Å². The highest BCUT2D eigenvalue weighted by molar-refractivity contribution is 14.0. The number of aliphatic hydroxyl groups is 1. The van der Waals surface area contributed by atoms with Crippen LogP contribution >= 0.6 is 24.0 Å². The van der Waals surface area contributed by atoms with Crippen molar-refractivity contribution in [3.8, 4) is 0 Å². The summed E-state index contributed by atoms with van der Waals surface area (Å²) in [4.78, 5) is 19.3. The molecule has 1 amide bonds. The van der Waals surface area contributed by atoms with Crippen molar-refractivity contribution in [1.82, 2.24) is 15.5 Å². The molecular weight excluding hydrogens is 455 g/mol. The van der Waals surface area contributed by atoms with E-state index in [1.165, 1.54) is 19.3 Å². The van der Waals surface area contributed by atoms with E-state index in [0.29, 0.717) is 12.5 Å². The van der Waals surface area contributed by atoms with Crippen molar-refractivity contribution in [3.63, 3.8) is 0 Å². The molecule has 2 saturated carbocycles. The quantitative estimate of drug-likeness (QED) is 0.314. The molecule has 0 aromatic carbocycles. The summed E-state index contributed by atoms with van der Waals surface area (Å²) >= 11 is 0. The number of carbonyl (C=O) groups is 1. The van der Waals surface area contributed by atoms with Gasteiger partial charge >= 0.3 is 0 Å². The first-order valence-electron chi connectivity index (χ1n) is 10.7. The van der Waals surface area contributed by atoms with Gasteiger partial charge in [0.25, 0.3) is 0 Å². The van der Waals surface area contributed by atoms with Crippen LogP contribution < -0.4 is 10.6 Å². The zero-order valence-corrected chi connectivity index (χ0v) is 19.0. The molecule has 0 spiro atoms. The average molecular weight is 492 g/mol. The number of aliphatic imine (C=N–C) groups is 1. The van der Waals surface area contributed by atoms with E-state index in [1.54, 1.807) is 0 Å². The first-order valence-corrected chi connectivity index (χ1v) is 10.7. The monoisotopic (exact) mass is 492 g/mol. The Morgan fingerprint density at radius 2 is 1.85 bits per heavy atom. The molecule has 0 bridgehead atoms. The van der Waals surface area contributed by atoms with Gasteiger partial charge in [-0.1, -0.05) is 32.1 Å². The minimum atomic E-state index is -0.638. The number of hydrogen-bond donors (Lipinski definition) is 3. The van der Waals surface area contributed by atoms with Gasteiger partial charge in [0.15, 0.2) is 5.96 Å². The smallest absolute Gasteiger partial charge is 0.225 e. The molecular formula is C20H37IN4O2. The van der Waals surface area contributed by atoms with Gasteiger partial charge < -0.3 is 20.6 Å². The van der Waals surface area contributed by atoms with Gasteiger partial charge in [-0.05, 0) is 39.0 Å². The third-order valence-electron chi connectivity index (χ3n) is 6.21. The topological polar surface area (TPSA) is 77.0 Å². The standard InChI is InChI=1S/C20H36N4O2.HI/c1-2-21-19(22-15-20(26)11-6-3-7-12-20)23-17-10-13-24(14-17)18(25)16-8-4-5-9-16;/h16-17,26H,2-15H2,1H3,(H2,21,22,23);1H. The van der Waals surface area contributed by atoms with E-state index in [0.717, 1.165) is 70.5 Å². The second-order valence-electron chi connectivity index (χ2n) is 8.38. The van der Waals surface area contributed by atoms with Crippen molar-refractivity contribution in [2.24, 2.45) is 10.9 Å². The van der Waals surface area contributed by atoms with Crippen molar-refractivity contribution in [2.45, 2.75) is 82.8 Å². The highest BCUT2D eigenvalue weighted by atomic mass is 127. The summed E-state index contributed by atoms with van der Waals surface area (Å²) in [7, 11) is 0. The Labute approximate surface area is 181 Å². The molecule has 1 unspecified atom stereocenters. The Balaban J connectivity index is 0.00000261. The maximum Gasteiger partial charge on any atom is 0.225 e. The van der Waals surface area contributed by atoms with Crippen LogP contribution in [0.25, 0.3) is 0 Å². The summed E-state index contributed by atoms with van der Waals surface area (Å²) in [5.41, 5.74) is -0.638. The van der Waals surface area contributed by atoms with E-state index in [4.69, 9.17) is 0 Å². The lowest BCUT2D eigenvalue weighted by atomic mass is 9.85. The molecule has 3 aliphatic rings. The number of hydrogen-bond acceptors (Lipinski definition) is 3. The first-order chi connectivity index (χ1) is 12.6. The largest absolute Gasteiger partial charge is 0.388 e. The lowest BCUT2D eigenvalue weighted by Gasteiger charge is -2.30. The number of amides is 1. The maximum absolute atomic E-state index is 12.6. The second kappa shape index (κ2) is 10.8. The fourth-order valence-corrected chi connectivity index (χ4v) is 4.62. The van der Waals surface area contributed by atoms with Gasteiger partial charge in [-0.3, -0.25) is 9.79 Å². The number of likely N-dealkylation sites (tertiary alicyclic amines) is 1. The number of nitrogens with one attached hydrogen (secondary N) is 2. The van der Waals surface area contributed by atoms with Crippen LogP contribution in [0, 0.1) is 5.92 Å². The Kier molecular flexibility index (Phi) is 9.11. The highest BCUT2D eigenvalue weighted by Crippen LogP contribution is 2.29. The zero-order valence-electron chi connectivity index (χ0n) is 16.7. The van der Waals surface area contributed by atoms with Gasteiger partial charge in [0.1, 0.15) is 0 Å². The molecule has 7 heteroatoms. The van der Waals surface area contributed by atoms with Crippen molar-refractivity contribution in [3.05, 3.63) is 0 Å². The SMILES string of the molecule is CCNC(=NCC1(O)CCCCC1)NC1CCN(C(=O)C2CCCC2)C1.I. The molecule has 27 heavy (non-hydrogen) atoms. The number of carbonyl (C=O) groups excluding carboxylic acids is 1. The molecule has 0 radical (unpaired) electrons. The van der Waals surface area contributed by atoms with Gasteiger partial charge in [0.2, 0.25) is 5.91 Å². The van der Waals surface area contributed by atoms with Crippen molar-refractivity contribution in [2.75, 3.05) is 26.2 Å². The molecule has 1 heterocycles. The van der Waals surface area contributed by atoms with E-state index in [-0.39, 0.29) is 35.9 Å². The Hall–Kier alpha value is -0.570. The molecule has 0 aromatic heterocycles. The Morgan fingerprint density at radius 3 is 2.52 bits per heavy atom. The van der Waals surface area contributed by atoms with Gasteiger partial charge in [-0.2, -0.15) is 0 Å². The molecule has 1 saturated heterocycles. The number of nitrogens with zero attached hydrogens (tertiary/aromatic N) is 2. The average Bonchev–Trinajstić information content (AvgIpc) is 3.32. The normalized spacial score (nSPS) is 25.9. The molecule has 0 aromatic rings. The van der Waals surface area contributed by atoms with Crippen molar-refractivity contribution in [1.29, 1.82) is 0 Å². The van der Waals surface area contributed by atoms with Crippen molar-refractivity contribution >= 4 is 35.8 Å². The van der Waals surface area contributed by atoms with Crippen LogP contribution in [0.2, 0.25) is 0 Å². The predicted molar refractivity (Wildman–Crippen MR) is 120 cm³/mol. The van der Waals surface area contributed by atoms with Crippen LogP contribution in [0.5, 0.6) is 0 Å². The lowest BCUT2D eigenvalue weighted by molar-refractivity contribution is -0.134. The Bertz CT molecular complexity index is 502. The van der Waals surface area contributed by atoms with E-state index < -0.39 is 5.60 Å². The molecule has 3 fully saturated rings. The van der Waals surface area contributed by atoms with Crippen LogP contribution in [-0.4, -0.2) is 59.7 Å². The van der Waals surface area contributed by atoms with Crippen molar-refractivity contribution < 1.29 is 9.90 Å². The third kappa shape index (κ3) is 6.48.